The van der Waals surface area contributed by atoms with Gasteiger partial charge in [-0.25, -0.2) is 0 Å². The quantitative estimate of drug-likeness (QED) is 0.186. The second-order valence-corrected chi connectivity index (χ2v) is 11.1. The molecule has 1 N–H and O–H groups in total. The van der Waals surface area contributed by atoms with Crippen LogP contribution in [0.2, 0.25) is 0 Å². The van der Waals surface area contributed by atoms with Crippen LogP contribution >= 0.6 is 0 Å². The van der Waals surface area contributed by atoms with Gasteiger partial charge in [0.25, 0.3) is 0 Å². The molecule has 0 aromatic rings. The zero-order valence-corrected chi connectivity index (χ0v) is 27.8. The van der Waals surface area contributed by atoms with Crippen molar-refractivity contribution in [2.45, 2.75) is 122 Å². The Hall–Kier alpha value is -3.95. The summed E-state index contributed by atoms with van der Waals surface area (Å²) >= 11 is 0. The van der Waals surface area contributed by atoms with Gasteiger partial charge < -0.3 is 61.9 Å². The lowest BCUT2D eigenvalue weighted by Gasteiger charge is -2.47. The lowest BCUT2D eigenvalue weighted by atomic mass is 10.0. The maximum Gasteiger partial charge on any atom is 0.305 e. The first-order chi connectivity index (χ1) is 23.0. The summed E-state index contributed by atoms with van der Waals surface area (Å²) in [5.74, 6) is -5.82. The van der Waals surface area contributed by atoms with Crippen molar-refractivity contribution in [1.29, 1.82) is 0 Å². The molecule has 0 saturated carbocycles. The number of aliphatic hydroxyl groups is 1. The van der Waals surface area contributed by atoms with Gasteiger partial charge in [-0.15, -0.1) is 0 Å². The van der Waals surface area contributed by atoms with Crippen LogP contribution in [0.15, 0.2) is 0 Å². The largest absolute Gasteiger partial charge is 0.457 e. The number of carbonyl (C=O) groups excluding carboxylic acids is 7. The lowest BCUT2D eigenvalue weighted by Crippen LogP contribution is -2.65. The maximum atomic E-state index is 12.4. The van der Waals surface area contributed by atoms with Crippen molar-refractivity contribution in [3.05, 3.63) is 0 Å². The molecule has 3 saturated heterocycles. The molecular weight excluding hydrogens is 668 g/mol. The van der Waals surface area contributed by atoms with Crippen LogP contribution < -0.4 is 0 Å². The Balaban J connectivity index is 2.03. The van der Waals surface area contributed by atoms with E-state index in [-0.39, 0.29) is 0 Å². The monoisotopic (exact) mass is 708 g/mol. The van der Waals surface area contributed by atoms with Crippen molar-refractivity contribution >= 4 is 41.8 Å². The molecule has 20 heteroatoms. The average molecular weight is 709 g/mol. The normalized spacial score (nSPS) is 34.4. The standard InChI is InChI=1S/C29H40O20/c1-11(30)41-18-8-38-27(24(21(18)37)44-14(4)33)48-23-20(43-13(3)32)10-40-29(26(23)46-16(6)35)49-22-19(42-12(2)31)9-39-28(47-17(7)36)25(22)45-15(5)34/h18-29,37H,8-10H2,1-7H3/t18-,19-,20+,21+,22+,23-,24+,25-,26+,27+,28+,29+/m1/s1. The van der Waals surface area contributed by atoms with Crippen LogP contribution in [-0.2, 0) is 90.4 Å². The summed E-state index contributed by atoms with van der Waals surface area (Å²) in [6.45, 7) is 6.12. The van der Waals surface area contributed by atoms with E-state index in [1.165, 1.54) is 0 Å². The molecule has 0 aliphatic carbocycles. The summed E-state index contributed by atoms with van der Waals surface area (Å²) < 4.78 is 66.2. The summed E-state index contributed by atoms with van der Waals surface area (Å²) in [7, 11) is 0. The molecule has 3 aliphatic rings. The number of hydrogen-bond donors (Lipinski definition) is 1. The van der Waals surface area contributed by atoms with Gasteiger partial charge in [0.1, 0.15) is 18.3 Å². The molecule has 49 heavy (non-hydrogen) atoms. The van der Waals surface area contributed by atoms with Crippen LogP contribution in [0.25, 0.3) is 0 Å². The molecule has 276 valence electrons. The van der Waals surface area contributed by atoms with Crippen molar-refractivity contribution < 1.29 is 95.5 Å². The van der Waals surface area contributed by atoms with Crippen molar-refractivity contribution in [1.82, 2.24) is 0 Å². The van der Waals surface area contributed by atoms with E-state index in [1.54, 1.807) is 0 Å². The van der Waals surface area contributed by atoms with Crippen molar-refractivity contribution in [2.24, 2.45) is 0 Å². The van der Waals surface area contributed by atoms with Gasteiger partial charge in [0, 0.05) is 48.5 Å². The Morgan fingerprint density at radius 1 is 0.408 bits per heavy atom. The predicted octanol–water partition coefficient (Wildman–Crippen LogP) is -1.66. The van der Waals surface area contributed by atoms with Crippen LogP contribution in [0, 0.1) is 0 Å². The highest BCUT2D eigenvalue weighted by Gasteiger charge is 2.55. The summed E-state index contributed by atoms with van der Waals surface area (Å²) in [4.78, 5) is 84.0. The highest BCUT2D eigenvalue weighted by Crippen LogP contribution is 2.33. The van der Waals surface area contributed by atoms with E-state index in [2.05, 4.69) is 0 Å². The first-order valence-electron chi connectivity index (χ1n) is 15.0. The van der Waals surface area contributed by atoms with Gasteiger partial charge in [0.15, 0.2) is 49.2 Å². The maximum absolute atomic E-state index is 12.4. The minimum absolute atomic E-state index is 0.414. The first-order valence-corrected chi connectivity index (χ1v) is 15.0. The molecule has 12 atom stereocenters. The third-order valence-electron chi connectivity index (χ3n) is 6.90. The second-order valence-electron chi connectivity index (χ2n) is 11.1. The molecule has 0 radical (unpaired) electrons. The van der Waals surface area contributed by atoms with E-state index in [4.69, 9.17) is 56.8 Å². The number of hydrogen-bond acceptors (Lipinski definition) is 20. The van der Waals surface area contributed by atoms with Crippen LogP contribution in [0.3, 0.4) is 0 Å². The molecule has 0 unspecified atom stereocenters. The number of ether oxygens (including phenoxy) is 12. The Labute approximate surface area is 279 Å². The van der Waals surface area contributed by atoms with Crippen molar-refractivity contribution in [2.75, 3.05) is 19.8 Å². The molecule has 3 heterocycles. The van der Waals surface area contributed by atoms with Gasteiger partial charge in [0.2, 0.25) is 6.29 Å². The molecule has 3 aliphatic heterocycles. The van der Waals surface area contributed by atoms with Crippen molar-refractivity contribution in [3.8, 4) is 0 Å². The smallest absolute Gasteiger partial charge is 0.305 e. The molecule has 20 nitrogen and oxygen atoms in total. The van der Waals surface area contributed by atoms with Gasteiger partial charge in [-0.2, -0.15) is 0 Å². The minimum atomic E-state index is -1.67. The summed E-state index contributed by atoms with van der Waals surface area (Å²) in [5.41, 5.74) is 0. The highest BCUT2D eigenvalue weighted by molar-refractivity contribution is 5.69. The van der Waals surface area contributed by atoms with E-state index in [9.17, 15) is 38.7 Å². The van der Waals surface area contributed by atoms with E-state index in [1.807, 2.05) is 0 Å². The molecule has 0 aromatic heterocycles. The van der Waals surface area contributed by atoms with E-state index in [0.29, 0.717) is 0 Å². The number of carbonyl (C=O) groups is 7. The molecule has 0 aromatic carbocycles. The number of esters is 7. The van der Waals surface area contributed by atoms with E-state index < -0.39 is 135 Å². The fourth-order valence-corrected chi connectivity index (χ4v) is 5.28. The Kier molecular flexibility index (Phi) is 14.2. The number of aliphatic hydroxyl groups excluding tert-OH is 1. The van der Waals surface area contributed by atoms with Gasteiger partial charge >= 0.3 is 41.8 Å². The molecule has 3 rings (SSSR count). The summed E-state index contributed by atoms with van der Waals surface area (Å²) in [5, 5.41) is 10.9. The molecular formula is C29H40O20. The highest BCUT2D eigenvalue weighted by atomic mass is 16.8. The summed E-state index contributed by atoms with van der Waals surface area (Å²) in [6.07, 6.45) is -18.3. The zero-order valence-electron chi connectivity index (χ0n) is 27.8. The Morgan fingerprint density at radius 2 is 0.714 bits per heavy atom. The van der Waals surface area contributed by atoms with E-state index in [0.717, 1.165) is 48.5 Å². The minimum Gasteiger partial charge on any atom is -0.457 e. The van der Waals surface area contributed by atoms with Gasteiger partial charge in [-0.05, 0) is 0 Å². The van der Waals surface area contributed by atoms with Gasteiger partial charge in [0.05, 0.1) is 19.8 Å². The first kappa shape index (κ1) is 39.5. The topological polar surface area (TPSA) is 250 Å². The Bertz CT molecular complexity index is 1240. The average Bonchev–Trinajstić information content (AvgIpc) is 2.96. The third-order valence-corrected chi connectivity index (χ3v) is 6.90. The second kappa shape index (κ2) is 17.6. The van der Waals surface area contributed by atoms with Gasteiger partial charge in [-0.3, -0.25) is 33.6 Å². The van der Waals surface area contributed by atoms with Crippen LogP contribution in [0.1, 0.15) is 48.5 Å². The molecule has 3 fully saturated rings. The lowest BCUT2D eigenvalue weighted by molar-refractivity contribution is -0.356. The van der Waals surface area contributed by atoms with Gasteiger partial charge in [-0.1, -0.05) is 0 Å². The molecule has 0 amide bonds. The number of rotatable bonds is 11. The summed E-state index contributed by atoms with van der Waals surface area (Å²) in [6, 6.07) is 0. The molecule has 0 bridgehead atoms. The third kappa shape index (κ3) is 11.3. The fourth-order valence-electron chi connectivity index (χ4n) is 5.28. The molecule has 0 spiro atoms. The predicted molar refractivity (Wildman–Crippen MR) is 150 cm³/mol. The fraction of sp³-hybridized carbons (Fsp3) is 0.759. The Morgan fingerprint density at radius 3 is 1.12 bits per heavy atom. The van der Waals surface area contributed by atoms with E-state index >= 15 is 0 Å². The SMILES string of the molecule is CC(=O)O[C@@H]1OC[C@@H](OC(C)=O)[C@H](O[C@@H]2OC[C@H](OC(C)=O)[C@@H](O[C@@H]3OC[C@@H](OC(C)=O)[C@H](O)[C@@H]3OC(C)=O)[C@@H]2OC(C)=O)[C@H]1OC(C)=O. The zero-order chi connectivity index (χ0) is 36.6. The van der Waals surface area contributed by atoms with Crippen LogP contribution in [-0.4, -0.2) is 141 Å². The van der Waals surface area contributed by atoms with Crippen molar-refractivity contribution in [3.63, 3.8) is 0 Å². The van der Waals surface area contributed by atoms with Crippen LogP contribution in [0.5, 0.6) is 0 Å². The van der Waals surface area contributed by atoms with Crippen LogP contribution in [0.4, 0.5) is 0 Å².